The minimum Gasteiger partial charge on any atom is -0.346 e. The summed E-state index contributed by atoms with van der Waals surface area (Å²) in [7, 11) is 0. The molecule has 0 spiro atoms. The van der Waals surface area contributed by atoms with Gasteiger partial charge < -0.3 is 15.7 Å². The molecule has 2 aliphatic heterocycles. The van der Waals surface area contributed by atoms with Gasteiger partial charge in [-0.25, -0.2) is 9.28 Å². The molecule has 0 aromatic heterocycles. The molecule has 3 fully saturated rings. The predicted molar refractivity (Wildman–Crippen MR) is 86.3 cm³/mol. The molecule has 2 unspecified atom stereocenters. The summed E-state index contributed by atoms with van der Waals surface area (Å²) in [6.45, 7) is 2.01. The van der Waals surface area contributed by atoms with Crippen molar-refractivity contribution in [2.24, 2.45) is 0 Å². The van der Waals surface area contributed by atoms with Crippen molar-refractivity contribution in [3.05, 3.63) is 0 Å². The van der Waals surface area contributed by atoms with Crippen LogP contribution in [-0.4, -0.2) is 59.3 Å². The maximum atomic E-state index is 13.0. The summed E-state index contributed by atoms with van der Waals surface area (Å²) >= 11 is 0. The standard InChI is InChI=1S/C17H29N3O3/c21-15(19-13-7-2-1-3-8-13)17(23)20(11-4-5-12-20)16(22)14-9-6-10-18-14/h13-14,17-18,23H,1-12H2/p+1. The minimum absolute atomic E-state index is 0.00583. The Morgan fingerprint density at radius 1 is 1.00 bits per heavy atom. The number of nitrogens with zero attached hydrogens (tertiary/aromatic N) is 1. The molecular formula is C17H30N3O3+. The van der Waals surface area contributed by atoms with Gasteiger partial charge in [-0.3, -0.25) is 4.79 Å². The highest BCUT2D eigenvalue weighted by atomic mass is 16.3. The Balaban J connectivity index is 1.68. The predicted octanol–water partition coefficient (Wildman–Crippen LogP) is 0.643. The number of nitrogens with one attached hydrogen (secondary N) is 2. The summed E-state index contributed by atoms with van der Waals surface area (Å²) < 4.78 is -0.0732. The zero-order valence-electron chi connectivity index (χ0n) is 13.9. The average molecular weight is 324 g/mol. The van der Waals surface area contributed by atoms with Gasteiger partial charge in [0.2, 0.25) is 0 Å². The quantitative estimate of drug-likeness (QED) is 0.663. The lowest BCUT2D eigenvalue weighted by Gasteiger charge is -2.37. The zero-order chi connectivity index (χ0) is 16.3. The van der Waals surface area contributed by atoms with Crippen molar-refractivity contribution in [2.75, 3.05) is 19.6 Å². The van der Waals surface area contributed by atoms with Crippen molar-refractivity contribution < 1.29 is 19.2 Å². The Hall–Kier alpha value is -0.980. The van der Waals surface area contributed by atoms with Crippen LogP contribution < -0.4 is 10.6 Å². The molecule has 1 saturated carbocycles. The van der Waals surface area contributed by atoms with Gasteiger partial charge in [0.05, 0.1) is 13.1 Å². The maximum absolute atomic E-state index is 13.0. The van der Waals surface area contributed by atoms with E-state index < -0.39 is 6.23 Å². The molecule has 6 nitrogen and oxygen atoms in total. The van der Waals surface area contributed by atoms with E-state index in [2.05, 4.69) is 10.6 Å². The van der Waals surface area contributed by atoms with Crippen LogP contribution in [0.3, 0.4) is 0 Å². The van der Waals surface area contributed by atoms with Crippen LogP contribution in [0.2, 0.25) is 0 Å². The van der Waals surface area contributed by atoms with E-state index in [-0.39, 0.29) is 28.4 Å². The fourth-order valence-electron chi connectivity index (χ4n) is 4.44. The fraction of sp³-hybridized carbons (Fsp3) is 0.882. The van der Waals surface area contributed by atoms with Crippen LogP contribution in [0, 0.1) is 0 Å². The number of likely N-dealkylation sites (tertiary alicyclic amines) is 1. The van der Waals surface area contributed by atoms with E-state index in [4.69, 9.17) is 0 Å². The number of carbonyl (C=O) groups excluding carboxylic acids is 2. The molecule has 1 aliphatic carbocycles. The number of amides is 2. The van der Waals surface area contributed by atoms with Crippen molar-refractivity contribution in [2.45, 2.75) is 76.1 Å². The average Bonchev–Trinajstić information content (AvgIpc) is 3.27. The third kappa shape index (κ3) is 3.44. The molecule has 130 valence electrons. The van der Waals surface area contributed by atoms with Gasteiger partial charge in [0.1, 0.15) is 6.04 Å². The molecule has 6 heteroatoms. The van der Waals surface area contributed by atoms with Crippen molar-refractivity contribution in [3.8, 4) is 0 Å². The lowest BCUT2D eigenvalue weighted by atomic mass is 9.95. The fourth-order valence-corrected chi connectivity index (χ4v) is 4.44. The van der Waals surface area contributed by atoms with Gasteiger partial charge in [-0.1, -0.05) is 19.3 Å². The van der Waals surface area contributed by atoms with Crippen molar-refractivity contribution in [3.63, 3.8) is 0 Å². The van der Waals surface area contributed by atoms with Crippen LogP contribution in [-0.2, 0) is 9.59 Å². The van der Waals surface area contributed by atoms with Gasteiger partial charge in [0.15, 0.2) is 0 Å². The number of aliphatic hydroxyl groups excluding tert-OH is 1. The Morgan fingerprint density at radius 2 is 1.70 bits per heavy atom. The largest absolute Gasteiger partial charge is 0.346 e. The SMILES string of the molecule is O=C(NC1CCCCC1)C(O)[N+]1(C(=O)C2CCCN2)CCCC1. The molecular weight excluding hydrogens is 294 g/mol. The van der Waals surface area contributed by atoms with Gasteiger partial charge >= 0.3 is 11.8 Å². The van der Waals surface area contributed by atoms with Crippen LogP contribution in [0.5, 0.6) is 0 Å². The Kier molecular flexibility index (Phi) is 5.34. The van der Waals surface area contributed by atoms with Crippen molar-refractivity contribution in [1.82, 2.24) is 10.6 Å². The molecule has 0 aromatic carbocycles. The number of hydrogen-bond donors (Lipinski definition) is 3. The van der Waals surface area contributed by atoms with Gasteiger partial charge in [0, 0.05) is 18.9 Å². The number of carbonyl (C=O) groups is 2. The monoisotopic (exact) mass is 324 g/mol. The minimum atomic E-state index is -1.26. The summed E-state index contributed by atoms with van der Waals surface area (Å²) in [4.78, 5) is 25.6. The first kappa shape index (κ1) is 16.9. The lowest BCUT2D eigenvalue weighted by Crippen LogP contribution is -2.66. The van der Waals surface area contributed by atoms with Crippen LogP contribution >= 0.6 is 0 Å². The topological polar surface area (TPSA) is 78.4 Å². The lowest BCUT2D eigenvalue weighted by molar-refractivity contribution is -0.881. The molecule has 0 radical (unpaired) electrons. The van der Waals surface area contributed by atoms with Gasteiger partial charge in [0.25, 0.3) is 6.23 Å². The normalized spacial score (nSPS) is 29.3. The van der Waals surface area contributed by atoms with Gasteiger partial charge in [-0.05, 0) is 32.2 Å². The van der Waals surface area contributed by atoms with E-state index in [0.717, 1.165) is 57.9 Å². The summed E-state index contributed by atoms with van der Waals surface area (Å²) in [6.07, 6.45) is 7.79. The number of quaternary nitrogens is 1. The van der Waals surface area contributed by atoms with Gasteiger partial charge in [-0.2, -0.15) is 0 Å². The van der Waals surface area contributed by atoms with Crippen molar-refractivity contribution in [1.29, 1.82) is 0 Å². The number of hydrogen-bond acceptors (Lipinski definition) is 4. The van der Waals surface area contributed by atoms with E-state index in [1.807, 2.05) is 0 Å². The summed E-state index contributed by atoms with van der Waals surface area (Å²) in [5, 5.41) is 17.0. The smallest absolute Gasteiger partial charge is 0.333 e. The van der Waals surface area contributed by atoms with Crippen LogP contribution in [0.1, 0.15) is 57.8 Å². The van der Waals surface area contributed by atoms with Crippen LogP contribution in [0.4, 0.5) is 0 Å². The third-order valence-electron chi connectivity index (χ3n) is 5.82. The van der Waals surface area contributed by atoms with Crippen LogP contribution in [0.15, 0.2) is 0 Å². The van der Waals surface area contributed by atoms with E-state index in [0.29, 0.717) is 13.1 Å². The summed E-state index contributed by atoms with van der Waals surface area (Å²) in [5.74, 6) is -0.351. The molecule has 2 heterocycles. The number of rotatable bonds is 4. The molecule has 0 aromatic rings. The maximum Gasteiger partial charge on any atom is 0.333 e. The number of aliphatic hydroxyl groups is 1. The van der Waals surface area contributed by atoms with E-state index in [9.17, 15) is 14.7 Å². The Bertz CT molecular complexity index is 436. The summed E-state index contributed by atoms with van der Waals surface area (Å²) in [6, 6.07) is -0.0431. The van der Waals surface area contributed by atoms with Crippen LogP contribution in [0.25, 0.3) is 0 Å². The van der Waals surface area contributed by atoms with Crippen molar-refractivity contribution >= 4 is 11.8 Å². The summed E-state index contributed by atoms with van der Waals surface area (Å²) in [5.41, 5.74) is 0. The first-order valence-electron chi connectivity index (χ1n) is 9.26. The molecule has 23 heavy (non-hydrogen) atoms. The second-order valence-corrected chi connectivity index (χ2v) is 7.39. The third-order valence-corrected chi connectivity index (χ3v) is 5.82. The second kappa shape index (κ2) is 7.28. The molecule has 2 amide bonds. The molecule has 2 atom stereocenters. The highest BCUT2D eigenvalue weighted by molar-refractivity contribution is 5.84. The zero-order valence-corrected chi connectivity index (χ0v) is 13.9. The Morgan fingerprint density at radius 3 is 2.30 bits per heavy atom. The molecule has 3 rings (SSSR count). The molecule has 0 bridgehead atoms. The first-order chi connectivity index (χ1) is 11.1. The first-order valence-corrected chi connectivity index (χ1v) is 9.26. The highest BCUT2D eigenvalue weighted by Gasteiger charge is 2.52. The molecule has 3 aliphatic rings. The van der Waals surface area contributed by atoms with Gasteiger partial charge in [-0.15, -0.1) is 0 Å². The Labute approximate surface area is 138 Å². The molecule has 3 N–H and O–H groups in total. The van der Waals surface area contributed by atoms with E-state index >= 15 is 0 Å². The van der Waals surface area contributed by atoms with E-state index in [1.54, 1.807) is 0 Å². The second-order valence-electron chi connectivity index (χ2n) is 7.39. The van der Waals surface area contributed by atoms with E-state index in [1.165, 1.54) is 6.42 Å². The highest BCUT2D eigenvalue weighted by Crippen LogP contribution is 2.27. The molecule has 2 saturated heterocycles.